The molecule has 10 nitrogen and oxygen atoms in total. The van der Waals surface area contributed by atoms with Crippen molar-refractivity contribution in [2.75, 3.05) is 7.11 Å². The zero-order valence-corrected chi connectivity index (χ0v) is 33.9. The second-order valence-electron chi connectivity index (χ2n) is 14.9. The van der Waals surface area contributed by atoms with Crippen molar-refractivity contribution in [3.05, 3.63) is 89.5 Å². The quantitative estimate of drug-likeness (QED) is 0.0495. The minimum atomic E-state index is -0.831. The number of ether oxygens (including phenoxy) is 3. The first-order chi connectivity index (χ1) is 27.7. The van der Waals surface area contributed by atoms with Crippen LogP contribution in [0.5, 0.6) is 17.2 Å². The molecule has 0 amide bonds. The monoisotopic (exact) mass is 787 g/mol. The minimum absolute atomic E-state index is 0.0574. The van der Waals surface area contributed by atoms with Crippen molar-refractivity contribution in [1.29, 1.82) is 0 Å². The maximum Gasteiger partial charge on any atom is 0.303 e. The number of carbonyl (C=O) groups is 2. The number of carboxylic acids is 2. The highest BCUT2D eigenvalue weighted by Gasteiger charge is 2.17. The van der Waals surface area contributed by atoms with Crippen LogP contribution in [-0.2, 0) is 29.3 Å². The third kappa shape index (κ3) is 16.6. The molecule has 11 heteroatoms. The number of hydrogen-bond donors (Lipinski definition) is 2. The van der Waals surface area contributed by atoms with Crippen molar-refractivity contribution in [2.45, 2.75) is 148 Å². The first kappa shape index (κ1) is 44.8. The Kier molecular flexibility index (Phi) is 19.9. The Labute approximate surface area is 337 Å². The zero-order valence-electron chi connectivity index (χ0n) is 33.9. The van der Waals surface area contributed by atoms with Gasteiger partial charge in [0.2, 0.25) is 0 Å². The number of aryl methyl sites for hydroxylation is 1. The first-order valence-electron chi connectivity index (χ1n) is 20.9. The summed E-state index contributed by atoms with van der Waals surface area (Å²) in [5.41, 5.74) is 3.34. The summed E-state index contributed by atoms with van der Waals surface area (Å²) in [5, 5.41) is 26.7. The predicted molar refractivity (Wildman–Crippen MR) is 220 cm³/mol. The van der Waals surface area contributed by atoms with Crippen LogP contribution in [0.15, 0.2) is 66.9 Å². The van der Waals surface area contributed by atoms with E-state index in [9.17, 15) is 14.7 Å². The van der Waals surface area contributed by atoms with Crippen LogP contribution in [0.1, 0.15) is 145 Å². The lowest BCUT2D eigenvalue weighted by Crippen LogP contribution is -2.06. The van der Waals surface area contributed by atoms with Gasteiger partial charge in [-0.25, -0.2) is 4.39 Å². The fourth-order valence-corrected chi connectivity index (χ4v) is 7.08. The number of carboxylic acid groups (broad SMARTS) is 2. The van der Waals surface area contributed by atoms with E-state index in [4.69, 9.17) is 19.3 Å². The summed E-state index contributed by atoms with van der Waals surface area (Å²) in [7, 11) is 1.54. The molecule has 1 heterocycles. The van der Waals surface area contributed by atoms with Gasteiger partial charge >= 0.3 is 11.9 Å². The average molecular weight is 788 g/mol. The van der Waals surface area contributed by atoms with Gasteiger partial charge in [-0.15, -0.1) is 5.10 Å². The molecule has 0 aliphatic rings. The van der Waals surface area contributed by atoms with Gasteiger partial charge in [0.25, 0.3) is 0 Å². The van der Waals surface area contributed by atoms with Gasteiger partial charge in [-0.3, -0.25) is 14.3 Å². The van der Waals surface area contributed by atoms with Gasteiger partial charge in [-0.1, -0.05) is 120 Å². The van der Waals surface area contributed by atoms with Crippen LogP contribution in [0, 0.1) is 5.82 Å². The molecule has 0 radical (unpaired) electrons. The zero-order chi connectivity index (χ0) is 40.7. The topological polar surface area (TPSA) is 133 Å². The Morgan fingerprint density at radius 2 is 1.39 bits per heavy atom. The molecule has 0 spiro atoms. The molecule has 0 aliphatic heterocycles. The Morgan fingerprint density at radius 3 is 2.02 bits per heavy atom. The summed E-state index contributed by atoms with van der Waals surface area (Å²) in [4.78, 5) is 21.9. The number of rotatable bonds is 30. The van der Waals surface area contributed by atoms with Crippen molar-refractivity contribution in [3.63, 3.8) is 0 Å². The molecule has 57 heavy (non-hydrogen) atoms. The van der Waals surface area contributed by atoms with Crippen LogP contribution in [0.3, 0.4) is 0 Å². The second-order valence-corrected chi connectivity index (χ2v) is 14.9. The van der Waals surface area contributed by atoms with E-state index in [1.807, 2.05) is 60.3 Å². The lowest BCUT2D eigenvalue weighted by atomic mass is 9.93. The molecule has 0 saturated carbocycles. The van der Waals surface area contributed by atoms with Crippen molar-refractivity contribution >= 4 is 11.9 Å². The summed E-state index contributed by atoms with van der Waals surface area (Å²) in [6.07, 6.45) is 20.9. The average Bonchev–Trinajstić information content (AvgIpc) is 3.67. The normalized spacial score (nSPS) is 11.7. The van der Waals surface area contributed by atoms with Crippen LogP contribution in [0.2, 0.25) is 0 Å². The van der Waals surface area contributed by atoms with E-state index in [1.165, 1.54) is 70.3 Å². The summed E-state index contributed by atoms with van der Waals surface area (Å²) >= 11 is 0. The Balaban J connectivity index is 1.21. The standard InChI is InChI=1S/C46H62FN3O7/c1-3-36(30-46(53)54)37-20-19-21-40(29-37)56-33-35-23-25-41(42-31-39(55-2)24-26-43(42)47)44(28-35)57-34-38-32-50(49-48-38)27-18-16-14-12-10-8-6-4-5-7-9-11-13-15-17-22-45(51)52/h19-21,23-26,28-29,31-32,36H,3-18,22,27,30,33-34H2,1-2H3,(H,51,52)(H,53,54)/t36-/m1/s1. The van der Waals surface area contributed by atoms with E-state index in [1.54, 1.807) is 19.2 Å². The largest absolute Gasteiger partial charge is 0.497 e. The van der Waals surface area contributed by atoms with E-state index in [2.05, 4.69) is 10.3 Å². The summed E-state index contributed by atoms with van der Waals surface area (Å²) in [5.74, 6) is -0.378. The molecule has 2 N–H and O–H groups in total. The number of unbranched alkanes of at least 4 members (excludes halogenated alkanes) is 14. The van der Waals surface area contributed by atoms with E-state index < -0.39 is 17.8 Å². The lowest BCUT2D eigenvalue weighted by Gasteiger charge is -2.16. The number of nitrogens with zero attached hydrogens (tertiary/aromatic N) is 3. The molecular weight excluding hydrogens is 726 g/mol. The van der Waals surface area contributed by atoms with Gasteiger partial charge in [-0.05, 0) is 72.7 Å². The molecular formula is C46H62FN3O7. The summed E-state index contributed by atoms with van der Waals surface area (Å²) in [6.45, 7) is 3.15. The van der Waals surface area contributed by atoms with Gasteiger partial charge in [0.1, 0.15) is 42.0 Å². The van der Waals surface area contributed by atoms with Crippen LogP contribution in [0.4, 0.5) is 4.39 Å². The van der Waals surface area contributed by atoms with Gasteiger partial charge in [0.05, 0.1) is 19.7 Å². The summed E-state index contributed by atoms with van der Waals surface area (Å²) in [6, 6.07) is 17.7. The number of benzene rings is 3. The molecule has 0 unspecified atom stereocenters. The SMILES string of the molecule is CC[C@H](CC(=O)O)c1cccc(OCc2ccc(-c3cc(OC)ccc3F)c(OCc3cn(CCCCCCCCCCCCCCCCCC(=O)O)nn3)c2)c1. The third-order valence-corrected chi connectivity index (χ3v) is 10.4. The van der Waals surface area contributed by atoms with Gasteiger partial charge in [-0.2, -0.15) is 0 Å². The number of hydrogen-bond acceptors (Lipinski definition) is 7. The fraction of sp³-hybridized carbons (Fsp3) is 0.522. The van der Waals surface area contributed by atoms with Crippen LogP contribution in [-0.4, -0.2) is 44.3 Å². The molecule has 0 fully saturated rings. The van der Waals surface area contributed by atoms with Crippen molar-refractivity contribution in [1.82, 2.24) is 15.0 Å². The molecule has 0 bridgehead atoms. The molecule has 4 rings (SSSR count). The van der Waals surface area contributed by atoms with Crippen molar-refractivity contribution in [3.8, 4) is 28.4 Å². The smallest absolute Gasteiger partial charge is 0.303 e. The van der Waals surface area contributed by atoms with Crippen LogP contribution >= 0.6 is 0 Å². The highest BCUT2D eigenvalue weighted by atomic mass is 19.1. The highest BCUT2D eigenvalue weighted by molar-refractivity contribution is 5.73. The van der Waals surface area contributed by atoms with Crippen LogP contribution in [0.25, 0.3) is 11.1 Å². The number of aromatic nitrogens is 3. The molecule has 0 aliphatic carbocycles. The summed E-state index contributed by atoms with van der Waals surface area (Å²) < 4.78 is 34.8. The van der Waals surface area contributed by atoms with Gasteiger partial charge in [0.15, 0.2) is 0 Å². The Bertz CT molecular complexity index is 1800. The lowest BCUT2D eigenvalue weighted by molar-refractivity contribution is -0.138. The second kappa shape index (κ2) is 25.3. The van der Waals surface area contributed by atoms with E-state index in [-0.39, 0.29) is 25.6 Å². The number of halogens is 1. The first-order valence-corrected chi connectivity index (χ1v) is 20.9. The molecule has 1 atom stereocenters. The minimum Gasteiger partial charge on any atom is -0.497 e. The fourth-order valence-electron chi connectivity index (χ4n) is 7.08. The maximum absolute atomic E-state index is 15.2. The van der Waals surface area contributed by atoms with E-state index >= 15 is 4.39 Å². The predicted octanol–water partition coefficient (Wildman–Crippen LogP) is 11.5. The molecule has 1 aromatic heterocycles. The highest BCUT2D eigenvalue weighted by Crippen LogP contribution is 2.36. The Hall–Kier alpha value is -4.93. The molecule has 310 valence electrons. The molecule has 0 saturated heterocycles. The third-order valence-electron chi connectivity index (χ3n) is 10.4. The van der Waals surface area contributed by atoms with Crippen molar-refractivity contribution < 1.29 is 38.4 Å². The number of aliphatic carboxylic acids is 2. The Morgan fingerprint density at radius 1 is 0.719 bits per heavy atom. The van der Waals surface area contributed by atoms with E-state index in [0.29, 0.717) is 46.9 Å². The number of methoxy groups -OCH3 is 1. The molecule has 4 aromatic rings. The van der Waals surface area contributed by atoms with Crippen LogP contribution < -0.4 is 14.2 Å². The van der Waals surface area contributed by atoms with Gasteiger partial charge < -0.3 is 24.4 Å². The van der Waals surface area contributed by atoms with Gasteiger partial charge in [0, 0.05) is 24.1 Å². The van der Waals surface area contributed by atoms with Crippen molar-refractivity contribution in [2.24, 2.45) is 0 Å². The van der Waals surface area contributed by atoms with E-state index in [0.717, 1.165) is 49.8 Å². The molecule has 3 aromatic carbocycles. The maximum atomic E-state index is 15.2.